The molecule has 152 valence electrons. The number of ether oxygens (including phenoxy) is 2. The summed E-state index contributed by atoms with van der Waals surface area (Å²) in [7, 11) is 1.59. The van der Waals surface area contributed by atoms with E-state index in [0.717, 1.165) is 5.56 Å². The Morgan fingerprint density at radius 3 is 2.38 bits per heavy atom. The highest BCUT2D eigenvalue weighted by atomic mass is 16.5. The Bertz CT molecular complexity index is 889. The van der Waals surface area contributed by atoms with Crippen LogP contribution < -0.4 is 4.74 Å². The van der Waals surface area contributed by atoms with E-state index in [9.17, 15) is 14.7 Å². The molecule has 0 bridgehead atoms. The van der Waals surface area contributed by atoms with Crippen LogP contribution in [0.25, 0.3) is 5.76 Å². The number of carbonyl (C=O) groups is 2. The van der Waals surface area contributed by atoms with Gasteiger partial charge in [0.1, 0.15) is 11.5 Å². The van der Waals surface area contributed by atoms with Gasteiger partial charge in [-0.25, -0.2) is 0 Å². The molecule has 1 aliphatic heterocycles. The summed E-state index contributed by atoms with van der Waals surface area (Å²) in [4.78, 5) is 27.1. The van der Waals surface area contributed by atoms with Crippen LogP contribution >= 0.6 is 0 Å². The number of aliphatic hydroxyl groups excluding tert-OH is 1. The number of hydrogen-bond donors (Lipinski definition) is 1. The van der Waals surface area contributed by atoms with Crippen LogP contribution in [0, 0.1) is 0 Å². The number of hydrogen-bond acceptors (Lipinski definition) is 5. The van der Waals surface area contributed by atoms with Gasteiger partial charge in [0.15, 0.2) is 0 Å². The van der Waals surface area contributed by atoms with E-state index >= 15 is 0 Å². The van der Waals surface area contributed by atoms with Crippen molar-refractivity contribution < 1.29 is 24.2 Å². The maximum Gasteiger partial charge on any atom is 0.295 e. The van der Waals surface area contributed by atoms with E-state index in [1.54, 1.807) is 43.5 Å². The van der Waals surface area contributed by atoms with Gasteiger partial charge < -0.3 is 19.5 Å². The van der Waals surface area contributed by atoms with Gasteiger partial charge in [-0.2, -0.15) is 0 Å². The second-order valence-electron chi connectivity index (χ2n) is 6.71. The first-order valence-corrected chi connectivity index (χ1v) is 9.64. The van der Waals surface area contributed by atoms with E-state index in [1.165, 1.54) is 4.90 Å². The van der Waals surface area contributed by atoms with E-state index in [0.29, 0.717) is 37.5 Å². The van der Waals surface area contributed by atoms with Crippen LogP contribution in [0.4, 0.5) is 0 Å². The zero-order chi connectivity index (χ0) is 20.8. The second-order valence-corrected chi connectivity index (χ2v) is 6.71. The highest BCUT2D eigenvalue weighted by Crippen LogP contribution is 2.39. The molecule has 0 aliphatic carbocycles. The summed E-state index contributed by atoms with van der Waals surface area (Å²) < 4.78 is 10.6. The Labute approximate surface area is 170 Å². The first-order valence-electron chi connectivity index (χ1n) is 9.64. The lowest BCUT2D eigenvalue weighted by Crippen LogP contribution is -2.31. The van der Waals surface area contributed by atoms with Gasteiger partial charge >= 0.3 is 0 Å². The van der Waals surface area contributed by atoms with Crippen molar-refractivity contribution in [3.05, 3.63) is 71.3 Å². The van der Waals surface area contributed by atoms with Crippen LogP contribution in [0.5, 0.6) is 5.75 Å². The Kier molecular flexibility index (Phi) is 6.67. The number of methoxy groups -OCH3 is 1. The number of amides is 1. The number of Topliss-reactive ketones (excluding diaryl/α,β-unsaturated/α-hetero) is 1. The predicted molar refractivity (Wildman–Crippen MR) is 110 cm³/mol. The topological polar surface area (TPSA) is 76.1 Å². The SMILES string of the molecule is CCOc1ccc(C2/C(=C(/O)c3ccccc3)C(=O)C(=O)N2CCCOC)cc1. The number of carbonyl (C=O) groups excluding carboxylic acids is 2. The maximum atomic E-state index is 12.9. The lowest BCUT2D eigenvalue weighted by Gasteiger charge is -2.25. The molecule has 2 aromatic carbocycles. The Hall–Kier alpha value is -3.12. The lowest BCUT2D eigenvalue weighted by molar-refractivity contribution is -0.140. The van der Waals surface area contributed by atoms with Crippen molar-refractivity contribution in [3.63, 3.8) is 0 Å². The molecule has 2 aromatic rings. The maximum absolute atomic E-state index is 12.9. The van der Waals surface area contributed by atoms with E-state index in [4.69, 9.17) is 9.47 Å². The largest absolute Gasteiger partial charge is 0.507 e. The average Bonchev–Trinajstić information content (AvgIpc) is 3.00. The number of ketones is 1. The zero-order valence-electron chi connectivity index (χ0n) is 16.6. The molecule has 0 radical (unpaired) electrons. The van der Waals surface area contributed by atoms with Crippen molar-refractivity contribution in [2.24, 2.45) is 0 Å². The molecule has 29 heavy (non-hydrogen) atoms. The third-order valence-electron chi connectivity index (χ3n) is 4.84. The van der Waals surface area contributed by atoms with Gasteiger partial charge in [0, 0.05) is 25.8 Å². The van der Waals surface area contributed by atoms with Crippen LogP contribution in [0.2, 0.25) is 0 Å². The van der Waals surface area contributed by atoms with Crippen molar-refractivity contribution in [2.75, 3.05) is 26.9 Å². The molecule has 1 atom stereocenters. The van der Waals surface area contributed by atoms with Crippen LogP contribution in [-0.2, 0) is 14.3 Å². The molecule has 1 heterocycles. The molecule has 1 amide bonds. The van der Waals surface area contributed by atoms with Gasteiger partial charge in [-0.15, -0.1) is 0 Å². The highest BCUT2D eigenvalue weighted by Gasteiger charge is 2.45. The monoisotopic (exact) mass is 395 g/mol. The molecular formula is C23H25NO5. The van der Waals surface area contributed by atoms with Crippen LogP contribution in [-0.4, -0.2) is 48.6 Å². The summed E-state index contributed by atoms with van der Waals surface area (Å²) in [6.07, 6.45) is 0.586. The minimum atomic E-state index is -0.678. The van der Waals surface area contributed by atoms with Crippen molar-refractivity contribution in [3.8, 4) is 5.75 Å². The van der Waals surface area contributed by atoms with Gasteiger partial charge in [-0.05, 0) is 31.0 Å². The molecule has 6 nitrogen and oxygen atoms in total. The molecular weight excluding hydrogens is 370 g/mol. The normalized spacial score (nSPS) is 18.3. The van der Waals surface area contributed by atoms with E-state index in [1.807, 2.05) is 25.1 Å². The van der Waals surface area contributed by atoms with Gasteiger partial charge in [0.25, 0.3) is 11.7 Å². The molecule has 1 saturated heterocycles. The number of likely N-dealkylation sites (tertiary alicyclic amines) is 1. The summed E-state index contributed by atoms with van der Waals surface area (Å²) in [5.41, 5.74) is 1.34. The number of aliphatic hydroxyl groups is 1. The summed E-state index contributed by atoms with van der Waals surface area (Å²) in [6.45, 7) is 3.26. The van der Waals surface area contributed by atoms with Crippen molar-refractivity contribution in [1.29, 1.82) is 0 Å². The lowest BCUT2D eigenvalue weighted by atomic mass is 9.95. The molecule has 1 aliphatic rings. The van der Waals surface area contributed by atoms with Crippen LogP contribution in [0.3, 0.4) is 0 Å². The molecule has 6 heteroatoms. The van der Waals surface area contributed by atoms with Crippen molar-refractivity contribution in [2.45, 2.75) is 19.4 Å². The third-order valence-corrected chi connectivity index (χ3v) is 4.84. The predicted octanol–water partition coefficient (Wildman–Crippen LogP) is 3.54. The fourth-order valence-corrected chi connectivity index (χ4v) is 3.50. The summed E-state index contributed by atoms with van der Waals surface area (Å²) in [5.74, 6) is -0.757. The molecule has 1 N–H and O–H groups in total. The van der Waals surface area contributed by atoms with Crippen LogP contribution in [0.15, 0.2) is 60.2 Å². The van der Waals surface area contributed by atoms with E-state index in [-0.39, 0.29) is 11.3 Å². The van der Waals surface area contributed by atoms with Gasteiger partial charge in [0.05, 0.1) is 18.2 Å². The molecule has 1 unspecified atom stereocenters. The summed E-state index contributed by atoms with van der Waals surface area (Å²) >= 11 is 0. The van der Waals surface area contributed by atoms with E-state index in [2.05, 4.69) is 0 Å². The first-order chi connectivity index (χ1) is 14.1. The van der Waals surface area contributed by atoms with Gasteiger partial charge in [-0.3, -0.25) is 9.59 Å². The third kappa shape index (κ3) is 4.32. The quantitative estimate of drug-likeness (QED) is 0.320. The van der Waals surface area contributed by atoms with Crippen molar-refractivity contribution >= 4 is 17.4 Å². The van der Waals surface area contributed by atoms with Gasteiger partial charge in [-0.1, -0.05) is 42.5 Å². The van der Waals surface area contributed by atoms with E-state index < -0.39 is 17.7 Å². The molecule has 0 aromatic heterocycles. The number of rotatable bonds is 8. The fourth-order valence-electron chi connectivity index (χ4n) is 3.50. The van der Waals surface area contributed by atoms with Crippen molar-refractivity contribution in [1.82, 2.24) is 4.90 Å². The van der Waals surface area contributed by atoms with Crippen LogP contribution in [0.1, 0.15) is 30.5 Å². The minimum absolute atomic E-state index is 0.0998. The highest BCUT2D eigenvalue weighted by molar-refractivity contribution is 6.46. The molecule has 3 rings (SSSR count). The molecule has 1 fully saturated rings. The number of nitrogens with zero attached hydrogens (tertiary/aromatic N) is 1. The minimum Gasteiger partial charge on any atom is -0.507 e. The fraction of sp³-hybridized carbons (Fsp3) is 0.304. The second kappa shape index (κ2) is 9.39. The first kappa shape index (κ1) is 20.6. The molecule has 0 saturated carbocycles. The Morgan fingerprint density at radius 1 is 1.07 bits per heavy atom. The summed E-state index contributed by atoms with van der Waals surface area (Å²) in [5, 5.41) is 10.9. The summed E-state index contributed by atoms with van der Waals surface area (Å²) in [6, 6.07) is 15.4. The Morgan fingerprint density at radius 2 is 1.76 bits per heavy atom. The molecule has 0 spiro atoms. The average molecular weight is 395 g/mol. The zero-order valence-corrected chi connectivity index (χ0v) is 16.6. The standard InChI is InChI=1S/C23H25NO5/c1-3-29-18-12-10-16(11-13-18)20-19(21(25)17-8-5-4-6-9-17)22(26)23(27)24(20)14-7-15-28-2/h4-6,8-13,20,25H,3,7,14-15H2,1-2H3/b21-19-. The number of benzene rings is 2. The van der Waals surface area contributed by atoms with Gasteiger partial charge in [0.2, 0.25) is 0 Å². The Balaban J connectivity index is 2.07. The smallest absolute Gasteiger partial charge is 0.295 e.